The number of nitrogens with one attached hydrogen (secondary N) is 1. The van der Waals surface area contributed by atoms with Crippen LogP contribution >= 0.6 is 15.6 Å². The van der Waals surface area contributed by atoms with Crippen LogP contribution in [-0.4, -0.2) is 68.9 Å². The number of hydrogen-bond donors (Lipinski definition) is 6. The number of aromatic nitrogens is 4. The van der Waals surface area contributed by atoms with E-state index in [0.29, 0.717) is 24.0 Å². The van der Waals surface area contributed by atoms with Crippen LogP contribution in [0, 0.1) is 0 Å². The molecule has 4 rings (SSSR count). The van der Waals surface area contributed by atoms with Crippen LogP contribution in [0.25, 0.3) is 11.5 Å². The fourth-order valence-electron chi connectivity index (χ4n) is 3.13. The van der Waals surface area contributed by atoms with Crippen molar-refractivity contribution in [1.82, 2.24) is 19.1 Å². The molecule has 17 heteroatoms. The van der Waals surface area contributed by atoms with Gasteiger partial charge in [0.05, 0.1) is 19.6 Å². The van der Waals surface area contributed by atoms with Crippen LogP contribution in [-0.2, 0) is 29.4 Å². The van der Waals surface area contributed by atoms with Gasteiger partial charge in [0.1, 0.15) is 29.8 Å². The van der Waals surface area contributed by atoms with Crippen LogP contribution in [0.5, 0.6) is 0 Å². The molecule has 2 aromatic rings. The Labute approximate surface area is 162 Å². The second-order valence-corrected chi connectivity index (χ2v) is 9.12. The number of ether oxygens (including phenoxy) is 1. The maximum Gasteiger partial charge on any atom is 0.481 e. The quantitative estimate of drug-likeness (QED) is 0.289. The molecule has 2 aliphatic heterocycles. The Bertz CT molecular complexity index is 1000. The van der Waals surface area contributed by atoms with Gasteiger partial charge < -0.3 is 39.5 Å². The molecule has 160 valence electrons. The SMILES string of the molecule is O=P(O)(O)OP(=O)(O)OC[C@H]1O[C@@H](n2cnc3c2NCn2ccnc2-3)[C@H](O)[C@@H]1O. The fraction of sp³-hybridized carbons (Fsp3) is 0.500. The van der Waals surface area contributed by atoms with Gasteiger partial charge in [-0.2, -0.15) is 4.31 Å². The Balaban J connectivity index is 1.49. The lowest BCUT2D eigenvalue weighted by atomic mass is 10.1. The third-order valence-electron chi connectivity index (χ3n) is 4.36. The zero-order chi connectivity index (χ0) is 21.0. The lowest BCUT2D eigenvalue weighted by molar-refractivity contribution is -0.0511. The first-order chi connectivity index (χ1) is 13.6. The standard InChI is InChI=1S/C12H17N5O10P2/c18-8-6(3-25-29(23,24)27-28(20,21)22)26-12(9(8)19)17-5-14-7-10-13-1-2-16(10)4-15-11(7)17/h1-2,5-6,8-9,12,15,18-19H,3-4H2,(H,23,24)(H2,20,21,22)/t6-,8-,9-,12-/m1/s1. The number of phosphoric ester groups is 1. The van der Waals surface area contributed by atoms with Gasteiger partial charge in [-0.25, -0.2) is 19.1 Å². The molecule has 29 heavy (non-hydrogen) atoms. The maximum atomic E-state index is 11.6. The van der Waals surface area contributed by atoms with Crippen LogP contribution in [0.15, 0.2) is 18.7 Å². The summed E-state index contributed by atoms with van der Waals surface area (Å²) in [4.78, 5) is 35.0. The van der Waals surface area contributed by atoms with Crippen LogP contribution in [0.2, 0.25) is 0 Å². The second kappa shape index (κ2) is 7.25. The van der Waals surface area contributed by atoms with E-state index < -0.39 is 46.8 Å². The molecular weight excluding hydrogens is 436 g/mol. The molecule has 1 fully saturated rings. The summed E-state index contributed by atoms with van der Waals surface area (Å²) in [6, 6.07) is 0. The summed E-state index contributed by atoms with van der Waals surface area (Å²) in [5.74, 6) is 1.08. The zero-order valence-corrected chi connectivity index (χ0v) is 16.2. The minimum atomic E-state index is -5.28. The van der Waals surface area contributed by atoms with Crippen molar-refractivity contribution in [2.45, 2.75) is 31.2 Å². The molecule has 1 unspecified atom stereocenters. The first-order valence-corrected chi connectivity index (χ1v) is 11.2. The summed E-state index contributed by atoms with van der Waals surface area (Å²) in [7, 11) is -10.4. The monoisotopic (exact) mass is 453 g/mol. The molecule has 0 saturated carbocycles. The minimum absolute atomic E-state index is 0.388. The topological polar surface area (TPSA) is 211 Å². The lowest BCUT2D eigenvalue weighted by Crippen LogP contribution is -2.33. The number of aliphatic hydroxyl groups is 2. The van der Waals surface area contributed by atoms with Gasteiger partial charge in [0.25, 0.3) is 0 Å². The van der Waals surface area contributed by atoms with E-state index in [1.165, 1.54) is 10.9 Å². The molecule has 2 aliphatic rings. The van der Waals surface area contributed by atoms with Crippen molar-refractivity contribution in [3.63, 3.8) is 0 Å². The number of fused-ring (bicyclic) bond motifs is 3. The molecule has 5 atom stereocenters. The number of aliphatic hydroxyl groups excluding tert-OH is 2. The van der Waals surface area contributed by atoms with Crippen LogP contribution in [0.1, 0.15) is 6.23 Å². The number of anilines is 1. The predicted octanol–water partition coefficient (Wildman–Crippen LogP) is -1.02. The number of nitrogens with zero attached hydrogens (tertiary/aromatic N) is 4. The number of rotatable bonds is 6. The third kappa shape index (κ3) is 4.02. The summed E-state index contributed by atoms with van der Waals surface area (Å²) in [5.41, 5.74) is 0.501. The highest BCUT2D eigenvalue weighted by molar-refractivity contribution is 7.60. The van der Waals surface area contributed by atoms with Crippen molar-refractivity contribution < 1.29 is 47.6 Å². The number of phosphoric acid groups is 2. The van der Waals surface area contributed by atoms with E-state index in [0.717, 1.165) is 0 Å². The molecule has 0 amide bonds. The average Bonchev–Trinajstić information content (AvgIpc) is 3.29. The van der Waals surface area contributed by atoms with E-state index >= 15 is 0 Å². The normalized spacial score (nSPS) is 28.4. The van der Waals surface area contributed by atoms with Crippen molar-refractivity contribution >= 4 is 21.5 Å². The highest BCUT2D eigenvalue weighted by atomic mass is 31.3. The number of hydrogen-bond acceptors (Lipinski definition) is 10. The molecule has 1 saturated heterocycles. The number of imidazole rings is 2. The molecule has 15 nitrogen and oxygen atoms in total. The lowest BCUT2D eigenvalue weighted by Gasteiger charge is -2.23. The first-order valence-electron chi connectivity index (χ1n) is 8.14. The van der Waals surface area contributed by atoms with Gasteiger partial charge in [-0.1, -0.05) is 0 Å². The van der Waals surface area contributed by atoms with Gasteiger partial charge in [-0.3, -0.25) is 9.09 Å². The van der Waals surface area contributed by atoms with Gasteiger partial charge in [-0.15, -0.1) is 0 Å². The third-order valence-corrected chi connectivity index (χ3v) is 6.51. The molecule has 2 aromatic heterocycles. The Morgan fingerprint density at radius 1 is 1.24 bits per heavy atom. The Morgan fingerprint density at radius 3 is 2.72 bits per heavy atom. The van der Waals surface area contributed by atoms with Crippen molar-refractivity contribution in [2.24, 2.45) is 0 Å². The van der Waals surface area contributed by atoms with E-state index in [2.05, 4.69) is 24.1 Å². The average molecular weight is 453 g/mol. The molecule has 0 aromatic carbocycles. The highest BCUT2D eigenvalue weighted by Gasteiger charge is 2.46. The van der Waals surface area contributed by atoms with E-state index in [1.54, 1.807) is 12.4 Å². The molecule has 4 heterocycles. The fourth-order valence-corrected chi connectivity index (χ4v) is 4.73. The molecule has 6 N–H and O–H groups in total. The van der Waals surface area contributed by atoms with E-state index in [1.807, 2.05) is 4.57 Å². The summed E-state index contributed by atoms with van der Waals surface area (Å²) >= 11 is 0. The molecular formula is C12H17N5O10P2. The molecule has 0 aliphatic carbocycles. The summed E-state index contributed by atoms with van der Waals surface area (Å²) < 4.78 is 39.2. The Kier molecular flexibility index (Phi) is 5.16. The van der Waals surface area contributed by atoms with Gasteiger partial charge >= 0.3 is 15.6 Å². The molecule has 0 spiro atoms. The van der Waals surface area contributed by atoms with Gasteiger partial charge in [0, 0.05) is 12.4 Å². The Hall–Kier alpha value is -1.64. The van der Waals surface area contributed by atoms with E-state index in [4.69, 9.17) is 14.5 Å². The van der Waals surface area contributed by atoms with E-state index in [-0.39, 0.29) is 0 Å². The van der Waals surface area contributed by atoms with Crippen molar-refractivity contribution in [2.75, 3.05) is 11.9 Å². The van der Waals surface area contributed by atoms with Crippen LogP contribution < -0.4 is 5.32 Å². The van der Waals surface area contributed by atoms with Crippen LogP contribution in [0.3, 0.4) is 0 Å². The summed E-state index contributed by atoms with van der Waals surface area (Å²) in [6.07, 6.45) is -0.653. The zero-order valence-electron chi connectivity index (χ0n) is 14.4. The summed E-state index contributed by atoms with van der Waals surface area (Å²) in [5, 5.41) is 23.6. The maximum absolute atomic E-state index is 11.6. The largest absolute Gasteiger partial charge is 0.481 e. The van der Waals surface area contributed by atoms with E-state index in [9.17, 15) is 24.2 Å². The Morgan fingerprint density at radius 2 is 2.00 bits per heavy atom. The molecule has 0 radical (unpaired) electrons. The second-order valence-electron chi connectivity index (χ2n) is 6.29. The predicted molar refractivity (Wildman–Crippen MR) is 91.9 cm³/mol. The van der Waals surface area contributed by atoms with Gasteiger partial charge in [0.2, 0.25) is 0 Å². The van der Waals surface area contributed by atoms with Crippen molar-refractivity contribution in [3.8, 4) is 11.5 Å². The van der Waals surface area contributed by atoms with Crippen LogP contribution in [0.4, 0.5) is 5.82 Å². The smallest absolute Gasteiger partial charge is 0.387 e. The van der Waals surface area contributed by atoms with Gasteiger partial charge in [0.15, 0.2) is 12.1 Å². The highest BCUT2D eigenvalue weighted by Crippen LogP contribution is 2.57. The van der Waals surface area contributed by atoms with Crippen molar-refractivity contribution in [3.05, 3.63) is 18.7 Å². The van der Waals surface area contributed by atoms with Gasteiger partial charge in [-0.05, 0) is 0 Å². The van der Waals surface area contributed by atoms with Crippen molar-refractivity contribution in [1.29, 1.82) is 0 Å². The first kappa shape index (κ1) is 20.6. The molecule has 0 bridgehead atoms. The minimum Gasteiger partial charge on any atom is -0.387 e. The summed E-state index contributed by atoms with van der Waals surface area (Å²) in [6.45, 7) is -0.392.